The number of aromatic nitrogens is 1. The minimum atomic E-state index is -4.87. The number of nitrogens with zero attached hydrogens (tertiary/aromatic N) is 1. The third-order valence-corrected chi connectivity index (χ3v) is 2.60. The van der Waals surface area contributed by atoms with Crippen LogP contribution < -0.4 is 5.32 Å². The Morgan fingerprint density at radius 2 is 1.80 bits per heavy atom. The molecule has 6 heteroatoms. The first-order chi connectivity index (χ1) is 9.47. The number of ketones is 1. The van der Waals surface area contributed by atoms with Gasteiger partial charge in [-0.05, 0) is 17.7 Å². The van der Waals surface area contributed by atoms with Gasteiger partial charge in [0.1, 0.15) is 5.82 Å². The number of rotatable bonds is 4. The van der Waals surface area contributed by atoms with E-state index in [9.17, 15) is 18.0 Å². The highest BCUT2D eigenvalue weighted by atomic mass is 19.4. The summed E-state index contributed by atoms with van der Waals surface area (Å²) in [5, 5.41) is 2.96. The van der Waals surface area contributed by atoms with E-state index in [2.05, 4.69) is 10.3 Å². The molecule has 0 amide bonds. The SMILES string of the molecule is O=C(c1ccc(NCc2ccccc2)nc1)C(F)(F)F. The molecule has 0 bridgehead atoms. The third-order valence-electron chi connectivity index (χ3n) is 2.60. The topological polar surface area (TPSA) is 42.0 Å². The summed E-state index contributed by atoms with van der Waals surface area (Å²) < 4.78 is 36.6. The minimum absolute atomic E-state index is 0.410. The van der Waals surface area contributed by atoms with Gasteiger partial charge in [0, 0.05) is 18.3 Å². The van der Waals surface area contributed by atoms with Crippen molar-refractivity contribution in [2.75, 3.05) is 5.32 Å². The zero-order chi connectivity index (χ0) is 14.6. The van der Waals surface area contributed by atoms with Crippen molar-refractivity contribution in [3.05, 3.63) is 59.8 Å². The lowest BCUT2D eigenvalue weighted by Crippen LogP contribution is -2.22. The summed E-state index contributed by atoms with van der Waals surface area (Å²) in [6, 6.07) is 11.9. The number of carbonyl (C=O) groups is 1. The van der Waals surface area contributed by atoms with Crippen molar-refractivity contribution in [1.29, 1.82) is 0 Å². The van der Waals surface area contributed by atoms with Crippen LogP contribution in [0.4, 0.5) is 19.0 Å². The molecule has 3 nitrogen and oxygen atoms in total. The van der Waals surface area contributed by atoms with E-state index in [-0.39, 0.29) is 0 Å². The van der Waals surface area contributed by atoms with Crippen LogP contribution >= 0.6 is 0 Å². The number of benzene rings is 1. The van der Waals surface area contributed by atoms with E-state index < -0.39 is 17.5 Å². The molecule has 0 unspecified atom stereocenters. The van der Waals surface area contributed by atoms with E-state index in [1.54, 1.807) is 0 Å². The summed E-state index contributed by atoms with van der Waals surface area (Å²) in [7, 11) is 0. The number of pyridine rings is 1. The molecule has 0 saturated heterocycles. The van der Waals surface area contributed by atoms with Gasteiger partial charge in [0.05, 0.1) is 0 Å². The van der Waals surface area contributed by atoms with Crippen LogP contribution in [0, 0.1) is 0 Å². The second kappa shape index (κ2) is 5.73. The Balaban J connectivity index is 2.00. The maximum atomic E-state index is 12.2. The van der Waals surface area contributed by atoms with Crippen LogP contribution in [0.15, 0.2) is 48.7 Å². The molecule has 0 aliphatic heterocycles. The van der Waals surface area contributed by atoms with Crippen molar-refractivity contribution >= 4 is 11.6 Å². The molecule has 1 N–H and O–H groups in total. The molecule has 0 atom stereocenters. The lowest BCUT2D eigenvalue weighted by atomic mass is 10.2. The summed E-state index contributed by atoms with van der Waals surface area (Å²) in [6.07, 6.45) is -3.95. The van der Waals surface area contributed by atoms with E-state index in [4.69, 9.17) is 0 Å². The number of halogens is 3. The molecule has 0 saturated carbocycles. The second-order valence-corrected chi connectivity index (χ2v) is 4.10. The molecule has 1 aromatic carbocycles. The van der Waals surface area contributed by atoms with Crippen molar-refractivity contribution < 1.29 is 18.0 Å². The lowest BCUT2D eigenvalue weighted by molar-refractivity contribution is -0.0885. The molecule has 104 valence electrons. The van der Waals surface area contributed by atoms with Crippen molar-refractivity contribution in [3.63, 3.8) is 0 Å². The van der Waals surface area contributed by atoms with Crippen molar-refractivity contribution in [3.8, 4) is 0 Å². The fourth-order valence-corrected chi connectivity index (χ4v) is 1.58. The number of alkyl halides is 3. The van der Waals surface area contributed by atoms with Gasteiger partial charge in [-0.25, -0.2) is 4.98 Å². The van der Waals surface area contributed by atoms with E-state index in [1.165, 1.54) is 6.07 Å². The van der Waals surface area contributed by atoms with Crippen LogP contribution in [-0.4, -0.2) is 16.9 Å². The Morgan fingerprint density at radius 3 is 2.35 bits per heavy atom. The molecule has 0 fully saturated rings. The van der Waals surface area contributed by atoms with Crippen LogP contribution in [0.25, 0.3) is 0 Å². The van der Waals surface area contributed by atoms with E-state index in [1.807, 2.05) is 30.3 Å². The van der Waals surface area contributed by atoms with E-state index >= 15 is 0 Å². The highest BCUT2D eigenvalue weighted by Gasteiger charge is 2.39. The quantitative estimate of drug-likeness (QED) is 0.872. The number of nitrogens with one attached hydrogen (secondary N) is 1. The van der Waals surface area contributed by atoms with Gasteiger partial charge in [-0.15, -0.1) is 0 Å². The van der Waals surface area contributed by atoms with Crippen LogP contribution in [0.1, 0.15) is 15.9 Å². The maximum Gasteiger partial charge on any atom is 0.454 e. The van der Waals surface area contributed by atoms with Gasteiger partial charge in [0.15, 0.2) is 0 Å². The van der Waals surface area contributed by atoms with Gasteiger partial charge in [-0.3, -0.25) is 4.79 Å². The molecule has 0 radical (unpaired) electrons. The molecule has 1 heterocycles. The number of carbonyl (C=O) groups excluding carboxylic acids is 1. The Bertz CT molecular complexity index is 580. The Labute approximate surface area is 113 Å². The molecular weight excluding hydrogens is 269 g/mol. The Kier molecular flexibility index (Phi) is 4.02. The summed E-state index contributed by atoms with van der Waals surface area (Å²) in [5.41, 5.74) is 0.549. The van der Waals surface area contributed by atoms with Gasteiger partial charge in [-0.1, -0.05) is 30.3 Å². The predicted octanol–water partition coefficient (Wildman–Crippen LogP) is 3.44. The first-order valence-corrected chi connectivity index (χ1v) is 5.82. The third kappa shape index (κ3) is 3.57. The normalized spacial score (nSPS) is 11.2. The van der Waals surface area contributed by atoms with Gasteiger partial charge in [0.25, 0.3) is 5.78 Å². The molecule has 1 aromatic heterocycles. The number of anilines is 1. The van der Waals surface area contributed by atoms with Gasteiger partial charge >= 0.3 is 6.18 Å². The molecule has 0 aliphatic rings. The monoisotopic (exact) mass is 280 g/mol. The summed E-state index contributed by atoms with van der Waals surface area (Å²) in [6.45, 7) is 0.500. The maximum absolute atomic E-state index is 12.2. The highest BCUT2D eigenvalue weighted by Crippen LogP contribution is 2.21. The van der Waals surface area contributed by atoms with Crippen molar-refractivity contribution in [2.24, 2.45) is 0 Å². The summed E-state index contributed by atoms with van der Waals surface area (Å²) in [4.78, 5) is 14.8. The predicted molar refractivity (Wildman–Crippen MR) is 68.4 cm³/mol. The fraction of sp³-hybridized carbons (Fsp3) is 0.143. The lowest BCUT2D eigenvalue weighted by Gasteiger charge is -2.07. The summed E-state index contributed by atoms with van der Waals surface area (Å²) >= 11 is 0. The molecule has 2 rings (SSSR count). The van der Waals surface area contributed by atoms with Crippen LogP contribution in [0.2, 0.25) is 0 Å². The van der Waals surface area contributed by atoms with Gasteiger partial charge in [0.2, 0.25) is 0 Å². The number of hydrogen-bond donors (Lipinski definition) is 1. The summed E-state index contributed by atoms with van der Waals surface area (Å²) in [5.74, 6) is -1.48. The number of hydrogen-bond acceptors (Lipinski definition) is 3. The Hall–Kier alpha value is -2.37. The van der Waals surface area contributed by atoms with Gasteiger partial charge in [-0.2, -0.15) is 13.2 Å². The smallest absolute Gasteiger partial charge is 0.366 e. The molecule has 2 aromatic rings. The molecule has 20 heavy (non-hydrogen) atoms. The zero-order valence-electron chi connectivity index (χ0n) is 10.3. The van der Waals surface area contributed by atoms with Gasteiger partial charge < -0.3 is 5.32 Å². The Morgan fingerprint density at radius 1 is 1.10 bits per heavy atom. The highest BCUT2D eigenvalue weighted by molar-refractivity contribution is 6.00. The minimum Gasteiger partial charge on any atom is -0.366 e. The van der Waals surface area contributed by atoms with E-state index in [0.717, 1.165) is 17.8 Å². The van der Waals surface area contributed by atoms with E-state index in [0.29, 0.717) is 12.4 Å². The first-order valence-electron chi connectivity index (χ1n) is 5.82. The van der Waals surface area contributed by atoms with Crippen LogP contribution in [0.3, 0.4) is 0 Å². The molecular formula is C14H11F3N2O. The average Bonchev–Trinajstić information content (AvgIpc) is 2.45. The molecule has 0 spiro atoms. The fourth-order valence-electron chi connectivity index (χ4n) is 1.58. The first kappa shape index (κ1) is 14.0. The number of Topliss-reactive ketones (excluding diaryl/α,β-unsaturated/α-hetero) is 1. The zero-order valence-corrected chi connectivity index (χ0v) is 10.3. The van der Waals surface area contributed by atoms with Crippen LogP contribution in [0.5, 0.6) is 0 Å². The second-order valence-electron chi connectivity index (χ2n) is 4.10. The standard InChI is InChI=1S/C14H11F3N2O/c15-14(16,17)13(20)11-6-7-12(19-9-11)18-8-10-4-2-1-3-5-10/h1-7,9H,8H2,(H,18,19). The van der Waals surface area contributed by atoms with Crippen molar-refractivity contribution in [1.82, 2.24) is 4.98 Å². The average molecular weight is 280 g/mol. The molecule has 0 aliphatic carbocycles. The van der Waals surface area contributed by atoms with Crippen LogP contribution in [-0.2, 0) is 6.54 Å². The van der Waals surface area contributed by atoms with Crippen molar-refractivity contribution in [2.45, 2.75) is 12.7 Å². The largest absolute Gasteiger partial charge is 0.454 e.